The molecule has 0 aliphatic carbocycles. The molecule has 32 heavy (non-hydrogen) atoms. The van der Waals surface area contributed by atoms with Gasteiger partial charge in [-0.25, -0.2) is 4.98 Å². The van der Waals surface area contributed by atoms with E-state index in [1.54, 1.807) is 7.11 Å². The molecule has 1 aliphatic rings. The first-order chi connectivity index (χ1) is 15.7. The summed E-state index contributed by atoms with van der Waals surface area (Å²) in [6.45, 7) is 4.43. The van der Waals surface area contributed by atoms with Crippen molar-refractivity contribution in [1.82, 2.24) is 19.4 Å². The fourth-order valence-corrected chi connectivity index (χ4v) is 4.06. The molecule has 3 aromatic rings. The van der Waals surface area contributed by atoms with E-state index in [0.717, 1.165) is 17.9 Å². The van der Waals surface area contributed by atoms with E-state index in [4.69, 9.17) is 9.72 Å². The van der Waals surface area contributed by atoms with Crippen LogP contribution in [0.5, 0.6) is 0 Å². The molecule has 1 N–H and O–H groups in total. The monoisotopic (exact) mass is 433 g/mol. The van der Waals surface area contributed by atoms with Gasteiger partial charge in [0.2, 0.25) is 0 Å². The van der Waals surface area contributed by atoms with Crippen LogP contribution in [0.4, 0.5) is 5.82 Å². The van der Waals surface area contributed by atoms with E-state index in [0.29, 0.717) is 50.8 Å². The molecule has 1 aromatic heterocycles. The Kier molecular flexibility index (Phi) is 7.19. The molecule has 4 rings (SSSR count). The van der Waals surface area contributed by atoms with Crippen LogP contribution >= 0.6 is 0 Å². The van der Waals surface area contributed by atoms with Crippen molar-refractivity contribution in [3.8, 4) is 0 Å². The van der Waals surface area contributed by atoms with Crippen LogP contribution in [0, 0.1) is 0 Å². The van der Waals surface area contributed by atoms with E-state index in [1.165, 1.54) is 5.56 Å². The SMILES string of the molecule is COCCN1CCNc2nc(CN(C)Cc3ccccc3)n(Cc3ccccc3)c2C1=O. The highest BCUT2D eigenvalue weighted by Gasteiger charge is 2.29. The van der Waals surface area contributed by atoms with Crippen molar-refractivity contribution < 1.29 is 9.53 Å². The summed E-state index contributed by atoms with van der Waals surface area (Å²) in [7, 11) is 3.74. The van der Waals surface area contributed by atoms with Crippen LogP contribution in [0.3, 0.4) is 0 Å². The fraction of sp³-hybridized carbons (Fsp3) is 0.360. The maximum Gasteiger partial charge on any atom is 0.274 e. The van der Waals surface area contributed by atoms with Gasteiger partial charge in [-0.3, -0.25) is 9.69 Å². The van der Waals surface area contributed by atoms with Crippen molar-refractivity contribution in [2.45, 2.75) is 19.6 Å². The zero-order chi connectivity index (χ0) is 22.3. The number of anilines is 1. The third-order valence-corrected chi connectivity index (χ3v) is 5.67. The number of carbonyl (C=O) groups is 1. The minimum Gasteiger partial charge on any atom is -0.383 e. The van der Waals surface area contributed by atoms with Crippen LogP contribution in [0.15, 0.2) is 60.7 Å². The van der Waals surface area contributed by atoms with Gasteiger partial charge < -0.3 is 19.5 Å². The summed E-state index contributed by atoms with van der Waals surface area (Å²) in [5.41, 5.74) is 3.02. The molecule has 0 spiro atoms. The largest absolute Gasteiger partial charge is 0.383 e. The summed E-state index contributed by atoms with van der Waals surface area (Å²) in [5.74, 6) is 1.56. The molecule has 0 fully saturated rings. The molecular formula is C25H31N5O2. The molecule has 7 nitrogen and oxygen atoms in total. The van der Waals surface area contributed by atoms with Crippen molar-refractivity contribution in [2.24, 2.45) is 0 Å². The quantitative estimate of drug-likeness (QED) is 0.562. The van der Waals surface area contributed by atoms with Crippen LogP contribution < -0.4 is 5.32 Å². The molecule has 0 bridgehead atoms. The molecule has 2 aromatic carbocycles. The van der Waals surface area contributed by atoms with Crippen molar-refractivity contribution in [1.29, 1.82) is 0 Å². The highest BCUT2D eigenvalue weighted by atomic mass is 16.5. The van der Waals surface area contributed by atoms with E-state index in [-0.39, 0.29) is 5.91 Å². The number of aromatic nitrogens is 2. The zero-order valence-electron chi connectivity index (χ0n) is 18.8. The minimum atomic E-state index is 0.00226. The second-order valence-corrected chi connectivity index (χ2v) is 8.17. The molecular weight excluding hydrogens is 402 g/mol. The topological polar surface area (TPSA) is 62.6 Å². The van der Waals surface area contributed by atoms with Gasteiger partial charge in [0, 0.05) is 39.8 Å². The fourth-order valence-electron chi connectivity index (χ4n) is 4.06. The molecule has 0 saturated heterocycles. The molecule has 0 unspecified atom stereocenters. The number of hydrogen-bond donors (Lipinski definition) is 1. The second-order valence-electron chi connectivity index (χ2n) is 8.17. The van der Waals surface area contributed by atoms with E-state index < -0.39 is 0 Å². The third-order valence-electron chi connectivity index (χ3n) is 5.67. The Morgan fingerprint density at radius 3 is 2.41 bits per heavy atom. The number of nitrogens with zero attached hydrogens (tertiary/aromatic N) is 4. The van der Waals surface area contributed by atoms with Gasteiger partial charge in [-0.1, -0.05) is 60.7 Å². The summed E-state index contributed by atoms with van der Waals surface area (Å²) < 4.78 is 7.29. The number of imidazole rings is 1. The van der Waals surface area contributed by atoms with Crippen molar-refractivity contribution in [3.63, 3.8) is 0 Å². The normalized spacial score (nSPS) is 13.7. The van der Waals surface area contributed by atoms with Crippen LogP contribution in [0.1, 0.15) is 27.4 Å². The Balaban J connectivity index is 1.65. The summed E-state index contributed by atoms with van der Waals surface area (Å²) in [5, 5.41) is 3.38. The average Bonchev–Trinajstić information content (AvgIpc) is 3.04. The Morgan fingerprint density at radius 1 is 1.03 bits per heavy atom. The first-order valence-corrected chi connectivity index (χ1v) is 11.0. The standard InChI is InChI=1S/C25H31N5O2/c1-28(17-20-9-5-3-6-10-20)19-22-27-24-23(30(22)18-21-11-7-4-8-12-21)25(31)29(14-13-26-24)15-16-32-2/h3-12,26H,13-19H2,1-2H3. The number of methoxy groups -OCH3 is 1. The Hall–Kier alpha value is -3.16. The van der Waals surface area contributed by atoms with Gasteiger partial charge in [-0.2, -0.15) is 0 Å². The summed E-state index contributed by atoms with van der Waals surface area (Å²) in [4.78, 5) is 22.5. The molecule has 2 heterocycles. The Morgan fingerprint density at radius 2 is 1.72 bits per heavy atom. The maximum absolute atomic E-state index is 13.5. The lowest BCUT2D eigenvalue weighted by molar-refractivity contribution is 0.0699. The second kappa shape index (κ2) is 10.4. The first kappa shape index (κ1) is 22.0. The molecule has 0 saturated carbocycles. The lowest BCUT2D eigenvalue weighted by atomic mass is 10.2. The Bertz CT molecular complexity index is 1020. The lowest BCUT2D eigenvalue weighted by Gasteiger charge is -2.22. The number of amides is 1. The highest BCUT2D eigenvalue weighted by Crippen LogP contribution is 2.24. The van der Waals surface area contributed by atoms with Crippen LogP contribution in [-0.2, 0) is 24.4 Å². The molecule has 1 amide bonds. The number of nitrogens with one attached hydrogen (secondary N) is 1. The van der Waals surface area contributed by atoms with Crippen molar-refractivity contribution >= 4 is 11.7 Å². The van der Waals surface area contributed by atoms with E-state index in [9.17, 15) is 4.79 Å². The van der Waals surface area contributed by atoms with Crippen molar-refractivity contribution in [2.75, 3.05) is 45.7 Å². The first-order valence-electron chi connectivity index (χ1n) is 11.0. The number of fused-ring (bicyclic) bond motifs is 1. The number of rotatable bonds is 9. The van der Waals surface area contributed by atoms with Crippen LogP contribution in [0.25, 0.3) is 0 Å². The molecule has 0 radical (unpaired) electrons. The zero-order valence-corrected chi connectivity index (χ0v) is 18.8. The van der Waals surface area contributed by atoms with E-state index >= 15 is 0 Å². The van der Waals surface area contributed by atoms with Gasteiger partial charge in [-0.05, 0) is 18.2 Å². The summed E-state index contributed by atoms with van der Waals surface area (Å²) in [6.07, 6.45) is 0. The smallest absolute Gasteiger partial charge is 0.274 e. The highest BCUT2D eigenvalue weighted by molar-refractivity contribution is 5.98. The summed E-state index contributed by atoms with van der Waals surface area (Å²) in [6, 6.07) is 20.6. The number of benzene rings is 2. The van der Waals surface area contributed by atoms with Gasteiger partial charge in [0.05, 0.1) is 13.2 Å². The predicted molar refractivity (Wildman–Crippen MR) is 126 cm³/mol. The van der Waals surface area contributed by atoms with E-state index in [2.05, 4.69) is 58.2 Å². The number of ether oxygens (including phenoxy) is 1. The van der Waals surface area contributed by atoms with Gasteiger partial charge in [0.15, 0.2) is 11.5 Å². The molecule has 0 atom stereocenters. The predicted octanol–water partition coefficient (Wildman–Crippen LogP) is 3.08. The Labute approximate surface area is 189 Å². The minimum absolute atomic E-state index is 0.00226. The average molecular weight is 434 g/mol. The molecule has 7 heteroatoms. The molecule has 1 aliphatic heterocycles. The summed E-state index contributed by atoms with van der Waals surface area (Å²) >= 11 is 0. The van der Waals surface area contributed by atoms with Crippen LogP contribution in [0.2, 0.25) is 0 Å². The van der Waals surface area contributed by atoms with Crippen molar-refractivity contribution in [3.05, 3.63) is 83.3 Å². The maximum atomic E-state index is 13.5. The number of carbonyl (C=O) groups excluding carboxylic acids is 1. The van der Waals surface area contributed by atoms with Gasteiger partial charge >= 0.3 is 0 Å². The van der Waals surface area contributed by atoms with Gasteiger partial charge in [-0.15, -0.1) is 0 Å². The van der Waals surface area contributed by atoms with Gasteiger partial charge in [0.1, 0.15) is 5.82 Å². The number of hydrogen-bond acceptors (Lipinski definition) is 5. The van der Waals surface area contributed by atoms with Crippen LogP contribution in [-0.4, -0.2) is 65.7 Å². The molecule has 168 valence electrons. The van der Waals surface area contributed by atoms with Gasteiger partial charge in [0.25, 0.3) is 5.91 Å². The van der Waals surface area contributed by atoms with E-state index in [1.807, 2.05) is 29.2 Å². The lowest BCUT2D eigenvalue weighted by Crippen LogP contribution is -2.36. The third kappa shape index (κ3) is 5.18.